The lowest BCUT2D eigenvalue weighted by molar-refractivity contribution is 0.0799. The molecule has 2 nitrogen and oxygen atoms in total. The van der Waals surface area contributed by atoms with Crippen molar-refractivity contribution in [3.63, 3.8) is 0 Å². The standard InChI is InChI=1S/C21H25NO/c1-21(2,23)20-18-10-6-5-8-15(18)12-13-19(20)17-11-7-9-16(17)14-22(3)4/h5-10,12-13,23H,11,14H2,1-4H3. The predicted octanol–water partition coefficient (Wildman–Crippen LogP) is 4.34. The van der Waals surface area contributed by atoms with Crippen molar-refractivity contribution in [1.29, 1.82) is 0 Å². The van der Waals surface area contributed by atoms with E-state index in [4.69, 9.17) is 0 Å². The van der Waals surface area contributed by atoms with Crippen LogP contribution in [0.4, 0.5) is 0 Å². The van der Waals surface area contributed by atoms with Crippen LogP contribution in [0.2, 0.25) is 0 Å². The van der Waals surface area contributed by atoms with Crippen molar-refractivity contribution in [2.75, 3.05) is 20.6 Å². The molecule has 0 amide bonds. The van der Waals surface area contributed by atoms with E-state index >= 15 is 0 Å². The highest BCUT2D eigenvalue weighted by atomic mass is 16.3. The third-order valence-corrected chi connectivity index (χ3v) is 4.38. The van der Waals surface area contributed by atoms with Crippen LogP contribution in [0.25, 0.3) is 16.3 Å². The fourth-order valence-electron chi connectivity index (χ4n) is 3.50. The molecule has 23 heavy (non-hydrogen) atoms. The Hall–Kier alpha value is -1.90. The van der Waals surface area contributed by atoms with Gasteiger partial charge in [0.1, 0.15) is 0 Å². The zero-order valence-electron chi connectivity index (χ0n) is 14.4. The van der Waals surface area contributed by atoms with Gasteiger partial charge in [-0.1, -0.05) is 48.6 Å². The second-order valence-corrected chi connectivity index (χ2v) is 7.12. The molecule has 120 valence electrons. The number of hydrogen-bond donors (Lipinski definition) is 1. The maximum absolute atomic E-state index is 10.8. The first-order chi connectivity index (χ1) is 10.9. The van der Waals surface area contributed by atoms with Crippen LogP contribution >= 0.6 is 0 Å². The first kappa shape index (κ1) is 16.0. The summed E-state index contributed by atoms with van der Waals surface area (Å²) < 4.78 is 0. The Morgan fingerprint density at radius 3 is 2.52 bits per heavy atom. The van der Waals surface area contributed by atoms with Crippen molar-refractivity contribution in [2.45, 2.75) is 25.9 Å². The molecule has 2 aromatic carbocycles. The third kappa shape index (κ3) is 3.10. The maximum atomic E-state index is 10.8. The number of rotatable bonds is 4. The molecule has 0 unspecified atom stereocenters. The third-order valence-electron chi connectivity index (χ3n) is 4.38. The van der Waals surface area contributed by atoms with Gasteiger partial charge < -0.3 is 10.0 Å². The normalized spacial score (nSPS) is 15.2. The number of nitrogens with zero attached hydrogens (tertiary/aromatic N) is 1. The summed E-state index contributed by atoms with van der Waals surface area (Å²) in [6.45, 7) is 4.68. The highest BCUT2D eigenvalue weighted by Crippen LogP contribution is 2.39. The zero-order chi connectivity index (χ0) is 16.6. The SMILES string of the molecule is CN(C)CC1=C(c2ccc3ccccc3c2C(C)(C)O)CC=C1. The summed E-state index contributed by atoms with van der Waals surface area (Å²) in [5.41, 5.74) is 4.01. The number of likely N-dealkylation sites (N-methyl/N-ethyl adjacent to an activating group) is 1. The Morgan fingerprint density at radius 1 is 1.09 bits per heavy atom. The van der Waals surface area contributed by atoms with Crippen LogP contribution < -0.4 is 0 Å². The van der Waals surface area contributed by atoms with Crippen molar-refractivity contribution in [3.05, 3.63) is 65.3 Å². The Morgan fingerprint density at radius 2 is 1.83 bits per heavy atom. The fourth-order valence-corrected chi connectivity index (χ4v) is 3.50. The van der Waals surface area contributed by atoms with E-state index in [0.717, 1.165) is 23.9 Å². The van der Waals surface area contributed by atoms with Crippen molar-refractivity contribution < 1.29 is 5.11 Å². The lowest BCUT2D eigenvalue weighted by atomic mass is 9.84. The van der Waals surface area contributed by atoms with E-state index in [1.165, 1.54) is 22.1 Å². The van der Waals surface area contributed by atoms with Crippen LogP contribution in [0.5, 0.6) is 0 Å². The molecule has 2 aromatic rings. The maximum Gasteiger partial charge on any atom is 0.0852 e. The highest BCUT2D eigenvalue weighted by Gasteiger charge is 2.26. The predicted molar refractivity (Wildman–Crippen MR) is 98.4 cm³/mol. The summed E-state index contributed by atoms with van der Waals surface area (Å²) in [7, 11) is 4.18. The van der Waals surface area contributed by atoms with Gasteiger partial charge in [0.05, 0.1) is 5.60 Å². The van der Waals surface area contributed by atoms with E-state index in [1.807, 2.05) is 26.0 Å². The second-order valence-electron chi connectivity index (χ2n) is 7.12. The molecule has 0 aromatic heterocycles. The van der Waals surface area contributed by atoms with Crippen LogP contribution in [-0.4, -0.2) is 30.6 Å². The summed E-state index contributed by atoms with van der Waals surface area (Å²) in [6.07, 6.45) is 5.38. The Kier molecular flexibility index (Phi) is 4.13. The topological polar surface area (TPSA) is 23.5 Å². The van der Waals surface area contributed by atoms with Gasteiger partial charge in [0.15, 0.2) is 0 Å². The molecule has 0 saturated carbocycles. The van der Waals surface area contributed by atoms with Gasteiger partial charge in [0.25, 0.3) is 0 Å². The molecular weight excluding hydrogens is 282 g/mol. The number of aliphatic hydroxyl groups is 1. The van der Waals surface area contributed by atoms with Crippen molar-refractivity contribution in [2.24, 2.45) is 0 Å². The highest BCUT2D eigenvalue weighted by molar-refractivity contribution is 5.92. The molecule has 0 spiro atoms. The van der Waals surface area contributed by atoms with Crippen LogP contribution in [0.3, 0.4) is 0 Å². The number of allylic oxidation sites excluding steroid dienone is 2. The van der Waals surface area contributed by atoms with E-state index in [2.05, 4.69) is 55.4 Å². The molecule has 0 heterocycles. The second kappa shape index (κ2) is 5.95. The summed E-state index contributed by atoms with van der Waals surface area (Å²) in [6, 6.07) is 12.6. The van der Waals surface area contributed by atoms with E-state index in [9.17, 15) is 5.11 Å². The van der Waals surface area contributed by atoms with E-state index < -0.39 is 5.60 Å². The Labute approximate surface area is 138 Å². The largest absolute Gasteiger partial charge is 0.386 e. The molecule has 2 heteroatoms. The quantitative estimate of drug-likeness (QED) is 0.908. The molecule has 0 radical (unpaired) electrons. The minimum Gasteiger partial charge on any atom is -0.386 e. The average molecular weight is 307 g/mol. The van der Waals surface area contributed by atoms with E-state index in [0.29, 0.717) is 0 Å². The molecule has 0 saturated heterocycles. The minimum atomic E-state index is -0.880. The summed E-state index contributed by atoms with van der Waals surface area (Å²) >= 11 is 0. The van der Waals surface area contributed by atoms with Gasteiger partial charge in [-0.2, -0.15) is 0 Å². The van der Waals surface area contributed by atoms with E-state index in [1.54, 1.807) is 0 Å². The number of benzene rings is 2. The van der Waals surface area contributed by atoms with Crippen molar-refractivity contribution in [3.8, 4) is 0 Å². The van der Waals surface area contributed by atoms with Gasteiger partial charge in [-0.25, -0.2) is 0 Å². The van der Waals surface area contributed by atoms with Gasteiger partial charge >= 0.3 is 0 Å². The summed E-state index contributed by atoms with van der Waals surface area (Å²) in [5.74, 6) is 0. The van der Waals surface area contributed by atoms with Crippen molar-refractivity contribution >= 4 is 16.3 Å². The van der Waals surface area contributed by atoms with E-state index in [-0.39, 0.29) is 0 Å². The Balaban J connectivity index is 2.26. The number of fused-ring (bicyclic) bond motifs is 1. The Bertz CT molecular complexity index is 791. The molecular formula is C21H25NO. The summed E-state index contributed by atoms with van der Waals surface area (Å²) in [5, 5.41) is 13.2. The zero-order valence-corrected chi connectivity index (χ0v) is 14.4. The monoisotopic (exact) mass is 307 g/mol. The minimum absolute atomic E-state index is 0.880. The van der Waals surface area contributed by atoms with Gasteiger partial charge in [-0.05, 0) is 67.4 Å². The lowest BCUT2D eigenvalue weighted by Gasteiger charge is -2.25. The van der Waals surface area contributed by atoms with Crippen LogP contribution in [0.1, 0.15) is 31.4 Å². The average Bonchev–Trinajstić information content (AvgIpc) is 2.92. The van der Waals surface area contributed by atoms with Gasteiger partial charge in [-0.3, -0.25) is 0 Å². The van der Waals surface area contributed by atoms with Crippen molar-refractivity contribution in [1.82, 2.24) is 4.90 Å². The molecule has 1 aliphatic rings. The molecule has 1 aliphatic carbocycles. The van der Waals surface area contributed by atoms with Crippen LogP contribution in [0, 0.1) is 0 Å². The molecule has 3 rings (SSSR count). The van der Waals surface area contributed by atoms with Gasteiger partial charge in [0.2, 0.25) is 0 Å². The molecule has 0 bridgehead atoms. The molecule has 0 fully saturated rings. The molecule has 1 N–H and O–H groups in total. The molecule has 0 aliphatic heterocycles. The summed E-state index contributed by atoms with van der Waals surface area (Å²) in [4.78, 5) is 2.19. The van der Waals surface area contributed by atoms with Gasteiger partial charge in [0, 0.05) is 6.54 Å². The van der Waals surface area contributed by atoms with Gasteiger partial charge in [-0.15, -0.1) is 0 Å². The van der Waals surface area contributed by atoms with Crippen LogP contribution in [-0.2, 0) is 5.60 Å². The first-order valence-corrected chi connectivity index (χ1v) is 8.16. The smallest absolute Gasteiger partial charge is 0.0852 e. The molecule has 0 atom stereocenters. The fraction of sp³-hybridized carbons (Fsp3) is 0.333. The first-order valence-electron chi connectivity index (χ1n) is 8.16. The van der Waals surface area contributed by atoms with Crippen LogP contribution in [0.15, 0.2) is 54.1 Å². The number of hydrogen-bond acceptors (Lipinski definition) is 2. The lowest BCUT2D eigenvalue weighted by Crippen LogP contribution is -2.19.